The topological polar surface area (TPSA) is 88.7 Å². The molecule has 0 aromatic heterocycles. The molecule has 1 aliphatic rings. The van der Waals surface area contributed by atoms with Gasteiger partial charge in [0.05, 0.1) is 14.2 Å². The number of carbonyl (C=O) groups is 2. The van der Waals surface area contributed by atoms with Crippen LogP contribution in [0.5, 0.6) is 11.5 Å². The Hall–Kier alpha value is -2.44. The van der Waals surface area contributed by atoms with Gasteiger partial charge < -0.3 is 25.4 Å². The molecule has 0 bridgehead atoms. The van der Waals surface area contributed by atoms with Crippen LogP contribution in [0.25, 0.3) is 0 Å². The lowest BCUT2D eigenvalue weighted by atomic mass is 10.1. The van der Waals surface area contributed by atoms with E-state index in [1.54, 1.807) is 26.4 Å². The van der Waals surface area contributed by atoms with Crippen LogP contribution in [0.2, 0.25) is 0 Å². The van der Waals surface area contributed by atoms with Crippen LogP contribution in [-0.4, -0.2) is 38.7 Å². The molecular weight excluding hydrogens is 298 g/mol. The molecule has 1 fully saturated rings. The van der Waals surface area contributed by atoms with E-state index in [1.807, 2.05) is 6.07 Å². The smallest absolute Gasteiger partial charge is 0.315 e. The summed E-state index contributed by atoms with van der Waals surface area (Å²) in [5.41, 5.74) is 0.878. The summed E-state index contributed by atoms with van der Waals surface area (Å²) in [7, 11) is 3.13. The third-order valence-corrected chi connectivity index (χ3v) is 3.74. The zero-order valence-electron chi connectivity index (χ0n) is 13.5. The standard InChI is InChI=1S/C16H23N3O4/c1-22-13-7-6-11(9-14(13)23-2)10-18-16(21)19-12-5-3-4-8-17-15(12)20/h6-7,9,12H,3-5,8,10H2,1-2H3,(H,17,20)(H2,18,19,21). The molecule has 1 aliphatic heterocycles. The normalized spacial score (nSPS) is 17.7. The van der Waals surface area contributed by atoms with Crippen LogP contribution in [0.3, 0.4) is 0 Å². The van der Waals surface area contributed by atoms with Crippen molar-refractivity contribution in [2.75, 3.05) is 20.8 Å². The summed E-state index contributed by atoms with van der Waals surface area (Å²) in [6.07, 6.45) is 2.52. The quantitative estimate of drug-likeness (QED) is 0.759. The van der Waals surface area contributed by atoms with E-state index in [4.69, 9.17) is 9.47 Å². The molecule has 0 spiro atoms. The van der Waals surface area contributed by atoms with E-state index in [9.17, 15) is 9.59 Å². The molecule has 1 aromatic rings. The molecule has 3 N–H and O–H groups in total. The number of hydrogen-bond acceptors (Lipinski definition) is 4. The van der Waals surface area contributed by atoms with E-state index in [1.165, 1.54) is 0 Å². The first kappa shape index (κ1) is 16.9. The van der Waals surface area contributed by atoms with Gasteiger partial charge >= 0.3 is 6.03 Å². The molecule has 1 atom stereocenters. The van der Waals surface area contributed by atoms with Crippen molar-refractivity contribution in [3.8, 4) is 11.5 Å². The number of carbonyl (C=O) groups excluding carboxylic acids is 2. The van der Waals surface area contributed by atoms with Gasteiger partial charge in [-0.3, -0.25) is 4.79 Å². The highest BCUT2D eigenvalue weighted by Crippen LogP contribution is 2.27. The minimum absolute atomic E-state index is 0.122. The summed E-state index contributed by atoms with van der Waals surface area (Å²) in [6.45, 7) is 1.00. The van der Waals surface area contributed by atoms with Crippen molar-refractivity contribution in [3.63, 3.8) is 0 Å². The molecule has 7 nitrogen and oxygen atoms in total. The van der Waals surface area contributed by atoms with E-state index in [-0.39, 0.29) is 11.9 Å². The molecule has 0 radical (unpaired) electrons. The molecule has 0 saturated carbocycles. The largest absolute Gasteiger partial charge is 0.493 e. The average Bonchev–Trinajstić information content (AvgIpc) is 2.77. The van der Waals surface area contributed by atoms with E-state index < -0.39 is 6.04 Å². The van der Waals surface area contributed by atoms with Gasteiger partial charge in [0.25, 0.3) is 0 Å². The molecule has 1 saturated heterocycles. The number of ether oxygens (including phenoxy) is 2. The first-order valence-corrected chi connectivity index (χ1v) is 7.67. The summed E-state index contributed by atoms with van der Waals surface area (Å²) in [5.74, 6) is 1.12. The molecule has 0 aliphatic carbocycles. The molecule has 1 aromatic carbocycles. The van der Waals surface area contributed by atoms with Crippen molar-refractivity contribution in [1.29, 1.82) is 0 Å². The molecule has 23 heavy (non-hydrogen) atoms. The monoisotopic (exact) mass is 321 g/mol. The van der Waals surface area contributed by atoms with Crippen LogP contribution in [0, 0.1) is 0 Å². The second-order valence-electron chi connectivity index (χ2n) is 5.36. The molecule has 3 amide bonds. The Balaban J connectivity index is 1.87. The van der Waals surface area contributed by atoms with Crippen molar-refractivity contribution in [2.45, 2.75) is 31.8 Å². The molecular formula is C16H23N3O4. The maximum absolute atomic E-state index is 12.0. The summed E-state index contributed by atoms with van der Waals surface area (Å²) in [6, 6.07) is 4.61. The Kier molecular flexibility index (Phi) is 6.08. The van der Waals surface area contributed by atoms with Gasteiger partial charge in [-0.2, -0.15) is 0 Å². The van der Waals surface area contributed by atoms with Crippen LogP contribution in [-0.2, 0) is 11.3 Å². The minimum atomic E-state index is -0.470. The van der Waals surface area contributed by atoms with E-state index in [0.29, 0.717) is 31.0 Å². The van der Waals surface area contributed by atoms with Gasteiger partial charge in [-0.25, -0.2) is 4.79 Å². The fourth-order valence-electron chi connectivity index (χ4n) is 2.46. The minimum Gasteiger partial charge on any atom is -0.493 e. The summed E-state index contributed by atoms with van der Waals surface area (Å²) >= 11 is 0. The molecule has 1 heterocycles. The number of rotatable bonds is 5. The van der Waals surface area contributed by atoms with Crippen LogP contribution < -0.4 is 25.4 Å². The molecule has 2 rings (SSSR count). The number of urea groups is 1. The van der Waals surface area contributed by atoms with E-state index in [2.05, 4.69) is 16.0 Å². The zero-order valence-corrected chi connectivity index (χ0v) is 13.5. The Bertz CT molecular complexity index is 562. The van der Waals surface area contributed by atoms with Gasteiger partial charge in [0.2, 0.25) is 5.91 Å². The summed E-state index contributed by atoms with van der Waals surface area (Å²) in [5, 5.41) is 8.25. The Morgan fingerprint density at radius 2 is 2.04 bits per heavy atom. The first-order valence-electron chi connectivity index (χ1n) is 7.67. The SMILES string of the molecule is COc1ccc(CNC(=O)NC2CCCCNC2=O)cc1OC. The molecule has 1 unspecified atom stereocenters. The van der Waals surface area contributed by atoms with Gasteiger partial charge in [0, 0.05) is 13.1 Å². The van der Waals surface area contributed by atoms with Crippen molar-refractivity contribution < 1.29 is 19.1 Å². The highest BCUT2D eigenvalue weighted by Gasteiger charge is 2.22. The highest BCUT2D eigenvalue weighted by molar-refractivity contribution is 5.87. The fourth-order valence-corrected chi connectivity index (χ4v) is 2.46. The lowest BCUT2D eigenvalue weighted by Crippen LogP contribution is -2.48. The highest BCUT2D eigenvalue weighted by atomic mass is 16.5. The van der Waals surface area contributed by atoms with Crippen molar-refractivity contribution >= 4 is 11.9 Å². The lowest BCUT2D eigenvalue weighted by molar-refractivity contribution is -0.122. The molecule has 126 valence electrons. The number of amides is 3. The van der Waals surface area contributed by atoms with E-state index in [0.717, 1.165) is 18.4 Å². The predicted octanol–water partition coefficient (Wildman–Crippen LogP) is 1.17. The second kappa shape index (κ2) is 8.26. The number of benzene rings is 1. The lowest BCUT2D eigenvalue weighted by Gasteiger charge is -2.16. The Morgan fingerprint density at radius 3 is 2.78 bits per heavy atom. The number of hydrogen-bond donors (Lipinski definition) is 3. The van der Waals surface area contributed by atoms with Gasteiger partial charge in [0.15, 0.2) is 11.5 Å². The van der Waals surface area contributed by atoms with Gasteiger partial charge in [0.1, 0.15) is 6.04 Å². The second-order valence-corrected chi connectivity index (χ2v) is 5.36. The van der Waals surface area contributed by atoms with E-state index >= 15 is 0 Å². The maximum atomic E-state index is 12.0. The average molecular weight is 321 g/mol. The van der Waals surface area contributed by atoms with Crippen LogP contribution in [0.4, 0.5) is 4.79 Å². The number of nitrogens with one attached hydrogen (secondary N) is 3. The summed E-state index contributed by atoms with van der Waals surface area (Å²) in [4.78, 5) is 23.8. The predicted molar refractivity (Wildman–Crippen MR) is 85.6 cm³/mol. The van der Waals surface area contributed by atoms with Crippen LogP contribution in [0.1, 0.15) is 24.8 Å². The maximum Gasteiger partial charge on any atom is 0.315 e. The molecule has 7 heteroatoms. The zero-order chi connectivity index (χ0) is 16.7. The third kappa shape index (κ3) is 4.77. The number of methoxy groups -OCH3 is 2. The fraction of sp³-hybridized carbons (Fsp3) is 0.500. The van der Waals surface area contributed by atoms with Gasteiger partial charge in [-0.1, -0.05) is 6.07 Å². The van der Waals surface area contributed by atoms with Gasteiger partial charge in [-0.15, -0.1) is 0 Å². The third-order valence-electron chi connectivity index (χ3n) is 3.74. The Labute approximate surface area is 135 Å². The van der Waals surface area contributed by atoms with Crippen molar-refractivity contribution in [3.05, 3.63) is 23.8 Å². The van der Waals surface area contributed by atoms with Crippen LogP contribution in [0.15, 0.2) is 18.2 Å². The Morgan fingerprint density at radius 1 is 1.26 bits per heavy atom. The first-order chi connectivity index (χ1) is 11.1. The van der Waals surface area contributed by atoms with Crippen molar-refractivity contribution in [2.24, 2.45) is 0 Å². The van der Waals surface area contributed by atoms with Gasteiger partial charge in [-0.05, 0) is 37.0 Å². The van der Waals surface area contributed by atoms with Crippen molar-refractivity contribution in [1.82, 2.24) is 16.0 Å². The summed E-state index contributed by atoms with van der Waals surface area (Å²) < 4.78 is 10.4. The van der Waals surface area contributed by atoms with Crippen LogP contribution >= 0.6 is 0 Å².